The highest BCUT2D eigenvalue weighted by Crippen LogP contribution is 2.32. The summed E-state index contributed by atoms with van der Waals surface area (Å²) < 4.78 is 9.26. The van der Waals surface area contributed by atoms with Crippen LogP contribution in [0, 0.1) is 27.7 Å². The molecule has 1 N–H and O–H groups in total. The van der Waals surface area contributed by atoms with Gasteiger partial charge in [0.05, 0.1) is 12.4 Å². The van der Waals surface area contributed by atoms with Gasteiger partial charge in [0.15, 0.2) is 5.16 Å². The molecule has 0 spiro atoms. The SMILES string of the molecule is C=CCn1c(CCCOc2cc(C(C)C)c(Br)cc2C)nnc1SCC(=O)Nc1c(C)cc(C)cc1C. The number of hydrogen-bond acceptors (Lipinski definition) is 5. The second-order valence-corrected chi connectivity index (χ2v) is 11.5. The van der Waals surface area contributed by atoms with Crippen molar-refractivity contribution in [3.63, 3.8) is 0 Å². The van der Waals surface area contributed by atoms with Gasteiger partial charge in [-0.2, -0.15) is 0 Å². The molecule has 198 valence electrons. The van der Waals surface area contributed by atoms with Crippen molar-refractivity contribution >= 4 is 39.3 Å². The van der Waals surface area contributed by atoms with Gasteiger partial charge in [-0.05, 0) is 74.4 Å². The van der Waals surface area contributed by atoms with Crippen molar-refractivity contribution in [1.82, 2.24) is 14.8 Å². The zero-order valence-corrected chi connectivity index (χ0v) is 25.1. The Bertz CT molecular complexity index is 1250. The minimum Gasteiger partial charge on any atom is -0.493 e. The highest BCUT2D eigenvalue weighted by molar-refractivity contribution is 9.10. The van der Waals surface area contributed by atoms with E-state index in [0.29, 0.717) is 24.2 Å². The summed E-state index contributed by atoms with van der Waals surface area (Å²) >= 11 is 5.04. The van der Waals surface area contributed by atoms with E-state index >= 15 is 0 Å². The first-order valence-corrected chi connectivity index (χ1v) is 14.3. The molecule has 1 heterocycles. The number of thioether (sulfide) groups is 1. The molecule has 0 aliphatic rings. The Hall–Kier alpha value is -2.58. The van der Waals surface area contributed by atoms with Crippen LogP contribution in [-0.4, -0.2) is 33.0 Å². The number of carbonyl (C=O) groups excluding carboxylic acids is 1. The van der Waals surface area contributed by atoms with Gasteiger partial charge >= 0.3 is 0 Å². The third-order valence-electron chi connectivity index (χ3n) is 6.10. The molecule has 0 saturated heterocycles. The second-order valence-electron chi connectivity index (χ2n) is 9.65. The molecule has 8 heteroatoms. The number of carbonyl (C=O) groups is 1. The number of halogens is 1. The molecular formula is C29H37BrN4O2S. The Morgan fingerprint density at radius 3 is 2.49 bits per heavy atom. The quantitative estimate of drug-likeness (QED) is 0.137. The highest BCUT2D eigenvalue weighted by Gasteiger charge is 2.15. The number of benzene rings is 2. The third-order valence-corrected chi connectivity index (χ3v) is 7.75. The van der Waals surface area contributed by atoms with E-state index in [1.54, 1.807) is 0 Å². The average Bonchev–Trinajstić information content (AvgIpc) is 3.20. The average molecular weight is 586 g/mol. The number of rotatable bonds is 12. The third kappa shape index (κ3) is 7.71. The summed E-state index contributed by atoms with van der Waals surface area (Å²) in [6.45, 7) is 17.6. The lowest BCUT2D eigenvalue weighted by atomic mass is 10.0. The van der Waals surface area contributed by atoms with Gasteiger partial charge < -0.3 is 14.6 Å². The topological polar surface area (TPSA) is 69.0 Å². The summed E-state index contributed by atoms with van der Waals surface area (Å²) in [5.41, 5.74) is 6.54. The maximum absolute atomic E-state index is 12.7. The van der Waals surface area contributed by atoms with Crippen LogP contribution in [0.2, 0.25) is 0 Å². The van der Waals surface area contributed by atoms with E-state index < -0.39 is 0 Å². The first-order chi connectivity index (χ1) is 17.6. The first kappa shape index (κ1) is 29.0. The maximum atomic E-state index is 12.7. The first-order valence-electron chi connectivity index (χ1n) is 12.6. The number of amides is 1. The van der Waals surface area contributed by atoms with Crippen molar-refractivity contribution in [1.29, 1.82) is 0 Å². The molecule has 0 atom stereocenters. The Labute approximate surface area is 233 Å². The zero-order valence-electron chi connectivity index (χ0n) is 22.7. The molecule has 1 amide bonds. The molecule has 6 nitrogen and oxygen atoms in total. The molecule has 0 fully saturated rings. The fourth-order valence-electron chi connectivity index (χ4n) is 4.28. The van der Waals surface area contributed by atoms with Crippen molar-refractivity contribution < 1.29 is 9.53 Å². The lowest BCUT2D eigenvalue weighted by Crippen LogP contribution is -2.16. The van der Waals surface area contributed by atoms with Crippen LogP contribution in [0.25, 0.3) is 0 Å². The predicted octanol–water partition coefficient (Wildman–Crippen LogP) is 7.33. The predicted molar refractivity (Wildman–Crippen MR) is 157 cm³/mol. The summed E-state index contributed by atoms with van der Waals surface area (Å²) in [5.74, 6) is 2.39. The van der Waals surface area contributed by atoms with Gasteiger partial charge in [0.1, 0.15) is 11.6 Å². The number of allylic oxidation sites excluding steroid dienone is 1. The minimum atomic E-state index is -0.0613. The van der Waals surface area contributed by atoms with Crippen LogP contribution in [0.15, 0.2) is 46.5 Å². The van der Waals surface area contributed by atoms with Gasteiger partial charge in [-0.15, -0.1) is 16.8 Å². The molecule has 1 aromatic heterocycles. The summed E-state index contributed by atoms with van der Waals surface area (Å²) in [7, 11) is 0. The number of aryl methyl sites for hydroxylation is 5. The van der Waals surface area contributed by atoms with E-state index in [2.05, 4.69) is 90.0 Å². The fourth-order valence-corrected chi connectivity index (χ4v) is 5.97. The lowest BCUT2D eigenvalue weighted by molar-refractivity contribution is -0.113. The molecular weight excluding hydrogens is 548 g/mol. The fraction of sp³-hybridized carbons (Fsp3) is 0.414. The van der Waals surface area contributed by atoms with Crippen molar-refractivity contribution in [2.75, 3.05) is 17.7 Å². The van der Waals surface area contributed by atoms with Gasteiger partial charge in [-0.25, -0.2) is 0 Å². The maximum Gasteiger partial charge on any atom is 0.234 e. The monoisotopic (exact) mass is 584 g/mol. The van der Waals surface area contributed by atoms with E-state index in [1.807, 2.05) is 24.5 Å². The molecule has 0 aliphatic carbocycles. The van der Waals surface area contributed by atoms with Gasteiger partial charge in [-0.3, -0.25) is 4.79 Å². The normalized spacial score (nSPS) is 11.1. The van der Waals surface area contributed by atoms with Crippen LogP contribution in [0.4, 0.5) is 5.69 Å². The number of aromatic nitrogens is 3. The van der Waals surface area contributed by atoms with Crippen LogP contribution in [0.3, 0.4) is 0 Å². The van der Waals surface area contributed by atoms with Crippen LogP contribution in [-0.2, 0) is 17.8 Å². The number of hydrogen-bond donors (Lipinski definition) is 1. The Kier molecular flexibility index (Phi) is 10.4. The van der Waals surface area contributed by atoms with Crippen LogP contribution in [0.1, 0.15) is 59.8 Å². The molecule has 0 aliphatic heterocycles. The van der Waals surface area contributed by atoms with Crippen molar-refractivity contribution in [3.8, 4) is 5.75 Å². The highest BCUT2D eigenvalue weighted by atomic mass is 79.9. The Morgan fingerprint density at radius 1 is 1.14 bits per heavy atom. The van der Waals surface area contributed by atoms with Crippen molar-refractivity contribution in [2.45, 2.75) is 72.0 Å². The van der Waals surface area contributed by atoms with Crippen molar-refractivity contribution in [3.05, 3.63) is 75.0 Å². The van der Waals surface area contributed by atoms with E-state index in [9.17, 15) is 4.79 Å². The standard InChI is InChI=1S/C29H37BrN4O2S/c1-8-11-34-26(10-9-12-36-25-16-23(18(2)3)24(30)15-20(25)5)32-33-29(34)37-17-27(35)31-28-21(6)13-19(4)14-22(28)7/h8,13-16,18H,1,9-12,17H2,2-7H3,(H,31,35). The van der Waals surface area contributed by atoms with Gasteiger partial charge in [-0.1, -0.05) is 65.3 Å². The second kappa shape index (κ2) is 13.3. The number of anilines is 1. The van der Waals surface area contributed by atoms with Crippen LogP contribution < -0.4 is 10.1 Å². The molecule has 0 bridgehead atoms. The molecule has 3 aromatic rings. The largest absolute Gasteiger partial charge is 0.493 e. The van der Waals surface area contributed by atoms with Gasteiger partial charge in [0.2, 0.25) is 5.91 Å². The zero-order chi connectivity index (χ0) is 27.1. The summed E-state index contributed by atoms with van der Waals surface area (Å²) in [6.07, 6.45) is 3.35. The minimum absolute atomic E-state index is 0.0613. The lowest BCUT2D eigenvalue weighted by Gasteiger charge is -2.15. The molecule has 0 radical (unpaired) electrons. The van der Waals surface area contributed by atoms with E-state index in [4.69, 9.17) is 4.74 Å². The summed E-state index contributed by atoms with van der Waals surface area (Å²) in [4.78, 5) is 12.7. The Balaban J connectivity index is 1.58. The van der Waals surface area contributed by atoms with Gasteiger partial charge in [0, 0.05) is 23.1 Å². The number of nitrogens with zero attached hydrogens (tertiary/aromatic N) is 3. The smallest absolute Gasteiger partial charge is 0.234 e. The Morgan fingerprint density at radius 2 is 1.84 bits per heavy atom. The molecule has 2 aromatic carbocycles. The molecule has 3 rings (SSSR count). The van der Waals surface area contributed by atoms with Crippen LogP contribution >= 0.6 is 27.7 Å². The molecule has 37 heavy (non-hydrogen) atoms. The van der Waals surface area contributed by atoms with Crippen molar-refractivity contribution in [2.24, 2.45) is 0 Å². The van der Waals surface area contributed by atoms with Gasteiger partial charge in [0.25, 0.3) is 0 Å². The number of nitrogens with one attached hydrogen (secondary N) is 1. The van der Waals surface area contributed by atoms with E-state index in [0.717, 1.165) is 51.3 Å². The molecule has 0 saturated carbocycles. The number of ether oxygens (including phenoxy) is 1. The molecule has 0 unspecified atom stereocenters. The van der Waals surface area contributed by atoms with E-state index in [1.165, 1.54) is 22.9 Å². The van der Waals surface area contributed by atoms with Crippen LogP contribution in [0.5, 0.6) is 5.75 Å². The summed E-state index contributed by atoms with van der Waals surface area (Å²) in [6, 6.07) is 8.40. The van der Waals surface area contributed by atoms with E-state index in [-0.39, 0.29) is 11.7 Å². The summed E-state index contributed by atoms with van der Waals surface area (Å²) in [5, 5.41) is 12.5.